The molecule has 0 unspecified atom stereocenters. The van der Waals surface area contributed by atoms with Crippen LogP contribution in [0.5, 0.6) is 11.5 Å². The summed E-state index contributed by atoms with van der Waals surface area (Å²) < 4.78 is 15.2. The average Bonchev–Trinajstić information content (AvgIpc) is 3.06. The molecule has 7 heteroatoms. The molecule has 110 valence electrons. The van der Waals surface area contributed by atoms with Gasteiger partial charge in [0.05, 0.1) is 26.0 Å². The minimum absolute atomic E-state index is 0.0719. The lowest BCUT2D eigenvalue weighted by Crippen LogP contribution is -2.75. The first-order valence-electron chi connectivity index (χ1n) is 6.01. The molecule has 7 nitrogen and oxygen atoms in total. The van der Waals surface area contributed by atoms with Crippen LogP contribution in [-0.2, 0) is 4.84 Å². The number of benzene rings is 1. The highest BCUT2D eigenvalue weighted by Crippen LogP contribution is 2.26. The first-order chi connectivity index (χ1) is 10.2. The maximum atomic E-state index is 11.6. The van der Waals surface area contributed by atoms with Crippen molar-refractivity contribution in [3.8, 4) is 11.5 Å². The summed E-state index contributed by atoms with van der Waals surface area (Å²) >= 11 is 0. The van der Waals surface area contributed by atoms with Crippen molar-refractivity contribution in [2.45, 2.75) is 0 Å². The highest BCUT2D eigenvalue weighted by Gasteiger charge is 2.14. The zero-order valence-electron chi connectivity index (χ0n) is 11.6. The van der Waals surface area contributed by atoms with Crippen LogP contribution in [-0.4, -0.2) is 26.0 Å². The third kappa shape index (κ3) is 3.33. The van der Waals surface area contributed by atoms with Crippen molar-refractivity contribution in [2.75, 3.05) is 14.2 Å². The van der Waals surface area contributed by atoms with Gasteiger partial charge in [-0.2, -0.15) is 0 Å². The molecule has 1 aromatic carbocycles. The second-order valence-electron chi connectivity index (χ2n) is 3.95. The van der Waals surface area contributed by atoms with Crippen molar-refractivity contribution >= 4 is 11.8 Å². The quantitative estimate of drug-likeness (QED) is 0.344. The van der Waals surface area contributed by atoms with Gasteiger partial charge in [-0.15, -0.1) is 0 Å². The van der Waals surface area contributed by atoms with Crippen molar-refractivity contribution in [2.24, 2.45) is 5.73 Å². The number of nitrogens with one attached hydrogen (secondary N) is 1. The molecule has 0 radical (unpaired) electrons. The van der Waals surface area contributed by atoms with Gasteiger partial charge in [-0.25, -0.2) is 4.79 Å². The Labute approximate surface area is 120 Å². The van der Waals surface area contributed by atoms with E-state index in [-0.39, 0.29) is 11.6 Å². The fourth-order valence-corrected chi connectivity index (χ4v) is 1.61. The predicted octanol–water partition coefficient (Wildman–Crippen LogP) is -0.145. The summed E-state index contributed by atoms with van der Waals surface area (Å²) in [4.78, 5) is 16.4. The maximum absolute atomic E-state index is 11.6. The van der Waals surface area contributed by atoms with E-state index in [1.807, 2.05) is 0 Å². The number of amidine groups is 1. The smallest absolute Gasteiger partial charge is 0.422 e. The maximum Gasteiger partial charge on any atom is 0.422 e. The molecule has 0 aliphatic heterocycles. The Morgan fingerprint density at radius 2 is 1.95 bits per heavy atom. The van der Waals surface area contributed by atoms with Crippen LogP contribution in [0, 0.1) is 0 Å². The molecule has 21 heavy (non-hydrogen) atoms. The van der Waals surface area contributed by atoms with Crippen LogP contribution >= 0.6 is 0 Å². The molecule has 2 aromatic rings. The lowest BCUT2D eigenvalue weighted by atomic mass is 10.2. The van der Waals surface area contributed by atoms with E-state index in [1.54, 1.807) is 24.3 Å². The number of nitrogens with two attached hydrogens (primary N) is 1. The van der Waals surface area contributed by atoms with Gasteiger partial charge in [0.2, 0.25) is 5.76 Å². The Hall–Kier alpha value is -2.96. The number of carbonyl (C=O) groups is 1. The zero-order valence-corrected chi connectivity index (χ0v) is 11.6. The third-order valence-corrected chi connectivity index (χ3v) is 2.67. The van der Waals surface area contributed by atoms with Gasteiger partial charge in [-0.05, 0) is 30.3 Å². The van der Waals surface area contributed by atoms with Crippen LogP contribution in [0.25, 0.3) is 0 Å². The van der Waals surface area contributed by atoms with E-state index in [4.69, 9.17) is 24.5 Å². The number of hydrogen-bond acceptors (Lipinski definition) is 5. The van der Waals surface area contributed by atoms with Gasteiger partial charge in [0.1, 0.15) is 0 Å². The average molecular weight is 291 g/mol. The molecule has 1 heterocycles. The zero-order chi connectivity index (χ0) is 15.2. The molecule has 0 spiro atoms. The van der Waals surface area contributed by atoms with Crippen LogP contribution in [0.4, 0.5) is 0 Å². The van der Waals surface area contributed by atoms with E-state index in [1.165, 1.54) is 26.5 Å². The molecular weight excluding hydrogens is 276 g/mol. The molecule has 2 rings (SSSR count). The van der Waals surface area contributed by atoms with Crippen molar-refractivity contribution < 1.29 is 28.7 Å². The molecule has 0 fully saturated rings. The van der Waals surface area contributed by atoms with Crippen molar-refractivity contribution in [3.63, 3.8) is 0 Å². The SMILES string of the molecule is COc1ccc(C(N)=[NH+]OC(=O)c2ccco2)cc1OC. The number of nitrogen functional groups attached to an aromatic ring is 1. The third-order valence-electron chi connectivity index (χ3n) is 2.67. The molecule has 0 saturated carbocycles. The fraction of sp³-hybridized carbons (Fsp3) is 0.143. The van der Waals surface area contributed by atoms with E-state index in [0.29, 0.717) is 17.1 Å². The normalized spacial score (nSPS) is 11.0. The summed E-state index contributed by atoms with van der Waals surface area (Å²) in [5, 5.41) is 2.36. The largest absolute Gasteiger partial charge is 0.493 e. The monoisotopic (exact) mass is 291 g/mol. The second kappa shape index (κ2) is 6.47. The molecule has 0 aliphatic carbocycles. The standard InChI is InChI=1S/C14H14N2O5/c1-18-10-6-5-9(8-12(10)19-2)13(15)16-21-14(17)11-4-3-7-20-11/h3-8H,1-2H3,(H2,15,16)/p+1. The molecule has 0 amide bonds. The van der Waals surface area contributed by atoms with E-state index in [2.05, 4.69) is 5.16 Å². The van der Waals surface area contributed by atoms with Crippen LogP contribution in [0.2, 0.25) is 0 Å². The van der Waals surface area contributed by atoms with Crippen LogP contribution in [0.15, 0.2) is 41.0 Å². The predicted molar refractivity (Wildman–Crippen MR) is 72.9 cm³/mol. The number of furan rings is 1. The Kier molecular flexibility index (Phi) is 4.45. The second-order valence-corrected chi connectivity index (χ2v) is 3.95. The van der Waals surface area contributed by atoms with E-state index in [9.17, 15) is 4.79 Å². The number of methoxy groups -OCH3 is 2. The van der Waals surface area contributed by atoms with Gasteiger partial charge >= 0.3 is 11.8 Å². The Morgan fingerprint density at radius 3 is 2.57 bits per heavy atom. The Balaban J connectivity index is 2.14. The van der Waals surface area contributed by atoms with E-state index >= 15 is 0 Å². The number of rotatable bonds is 5. The van der Waals surface area contributed by atoms with Gasteiger partial charge < -0.3 is 13.9 Å². The summed E-state index contributed by atoms with van der Waals surface area (Å²) in [6.07, 6.45) is 1.37. The van der Waals surface area contributed by atoms with Gasteiger partial charge in [0, 0.05) is 0 Å². The summed E-state index contributed by atoms with van der Waals surface area (Å²) in [7, 11) is 3.05. The lowest BCUT2D eigenvalue weighted by molar-refractivity contribution is -0.721. The fourth-order valence-electron chi connectivity index (χ4n) is 1.61. The summed E-state index contributed by atoms with van der Waals surface area (Å²) in [6, 6.07) is 8.11. The van der Waals surface area contributed by atoms with E-state index in [0.717, 1.165) is 0 Å². The minimum atomic E-state index is -0.677. The molecule has 0 aliphatic rings. The summed E-state index contributed by atoms with van der Waals surface area (Å²) in [5.74, 6) is 0.626. The Morgan fingerprint density at radius 1 is 1.19 bits per heavy atom. The van der Waals surface area contributed by atoms with E-state index < -0.39 is 5.97 Å². The summed E-state index contributed by atoms with van der Waals surface area (Å²) in [5.41, 5.74) is 6.40. The number of hydrogen-bond donors (Lipinski definition) is 2. The first kappa shape index (κ1) is 14.4. The highest BCUT2D eigenvalue weighted by atomic mass is 16.7. The molecule has 1 aromatic heterocycles. The molecular formula is C14H15N2O5+. The van der Waals surface area contributed by atoms with Crippen LogP contribution in [0.3, 0.4) is 0 Å². The van der Waals surface area contributed by atoms with Crippen LogP contribution < -0.4 is 20.4 Å². The topological polar surface area (TPSA) is 97.9 Å². The van der Waals surface area contributed by atoms with Crippen LogP contribution in [0.1, 0.15) is 16.1 Å². The van der Waals surface area contributed by atoms with Gasteiger partial charge in [0.15, 0.2) is 11.5 Å². The Bertz CT molecular complexity index is 649. The van der Waals surface area contributed by atoms with Gasteiger partial charge in [-0.3, -0.25) is 10.6 Å². The van der Waals surface area contributed by atoms with Gasteiger partial charge in [-0.1, -0.05) is 5.16 Å². The number of carbonyl (C=O) groups excluding carboxylic acids is 1. The van der Waals surface area contributed by atoms with Gasteiger partial charge in [0.25, 0.3) is 0 Å². The minimum Gasteiger partial charge on any atom is -0.493 e. The molecule has 3 N–H and O–H groups in total. The molecule has 0 atom stereocenters. The van der Waals surface area contributed by atoms with Crippen molar-refractivity contribution in [1.82, 2.24) is 0 Å². The highest BCUT2D eigenvalue weighted by molar-refractivity contribution is 5.94. The summed E-state index contributed by atoms with van der Waals surface area (Å²) in [6.45, 7) is 0. The molecule has 0 bridgehead atoms. The molecule has 0 saturated heterocycles. The van der Waals surface area contributed by atoms with Crippen molar-refractivity contribution in [1.29, 1.82) is 0 Å². The van der Waals surface area contributed by atoms with Crippen molar-refractivity contribution in [3.05, 3.63) is 47.9 Å². The number of ether oxygens (including phenoxy) is 2. The lowest BCUT2D eigenvalue weighted by Gasteiger charge is -2.07. The first-order valence-corrected chi connectivity index (χ1v) is 6.01.